The van der Waals surface area contributed by atoms with E-state index >= 15 is 0 Å². The van der Waals surface area contributed by atoms with E-state index in [0.29, 0.717) is 41.7 Å². The largest absolute Gasteiger partial charge is 0.476 e. The Kier molecular flexibility index (Phi) is 10.7. The first-order chi connectivity index (χ1) is 19.4. The average molecular weight is 568 g/mol. The van der Waals surface area contributed by atoms with Crippen LogP contribution >= 0.6 is 0 Å². The first-order valence-corrected chi connectivity index (χ1v) is 14.0. The van der Waals surface area contributed by atoms with Gasteiger partial charge in [-0.2, -0.15) is 0 Å². The van der Waals surface area contributed by atoms with E-state index in [1.165, 1.54) is 12.1 Å². The molecule has 0 unspecified atom stereocenters. The van der Waals surface area contributed by atoms with Crippen molar-refractivity contribution in [3.8, 4) is 17.2 Å². The van der Waals surface area contributed by atoms with Crippen LogP contribution in [0.15, 0.2) is 34.7 Å². The number of nitrogens with zero attached hydrogens (tertiary/aromatic N) is 2. The number of halogens is 1. The van der Waals surface area contributed by atoms with Crippen LogP contribution in [0.1, 0.15) is 67.8 Å². The standard InChI is InChI=1S/C32H42FN3O5/c1-9-11-23-14-25(16-26(33)15-23)30-35-27(22(5)40-30)18-36(19-28(37)34-8)17-24-12-20(3)29(21(4)13-24)41-32(6,7)31(38)39-10-2/h12-16H,9-11,17-19H2,1-8H3,(H,34,37). The number of carbonyl (C=O) groups excluding carboxylic acids is 2. The maximum Gasteiger partial charge on any atom is 0.349 e. The maximum absolute atomic E-state index is 14.3. The second kappa shape index (κ2) is 13.8. The second-order valence-corrected chi connectivity index (χ2v) is 10.8. The van der Waals surface area contributed by atoms with Crippen LogP contribution in [-0.2, 0) is 33.8 Å². The third-order valence-electron chi connectivity index (χ3n) is 6.71. The van der Waals surface area contributed by atoms with Gasteiger partial charge in [-0.05, 0) is 88.4 Å². The molecule has 0 aliphatic rings. The number of benzene rings is 2. The van der Waals surface area contributed by atoms with Crippen molar-refractivity contribution < 1.29 is 27.9 Å². The lowest BCUT2D eigenvalue weighted by atomic mass is 10.0. The van der Waals surface area contributed by atoms with E-state index in [1.807, 2.05) is 50.8 Å². The molecule has 2 aromatic carbocycles. The monoisotopic (exact) mass is 567 g/mol. The number of ether oxygens (including phenoxy) is 2. The lowest BCUT2D eigenvalue weighted by Crippen LogP contribution is -2.40. The molecule has 0 bridgehead atoms. The van der Waals surface area contributed by atoms with E-state index in [-0.39, 0.29) is 24.9 Å². The molecular weight excluding hydrogens is 525 g/mol. The van der Waals surface area contributed by atoms with E-state index in [1.54, 1.807) is 27.8 Å². The fourth-order valence-electron chi connectivity index (χ4n) is 4.72. The third kappa shape index (κ3) is 8.39. The molecule has 9 heteroatoms. The predicted molar refractivity (Wildman–Crippen MR) is 156 cm³/mol. The Balaban J connectivity index is 1.86. The van der Waals surface area contributed by atoms with Crippen LogP contribution in [0.3, 0.4) is 0 Å². The molecule has 1 amide bonds. The summed E-state index contributed by atoms with van der Waals surface area (Å²) in [4.78, 5) is 31.4. The highest BCUT2D eigenvalue weighted by Crippen LogP contribution is 2.30. The molecular formula is C32H42FN3O5. The molecule has 0 saturated carbocycles. The van der Waals surface area contributed by atoms with Crippen LogP contribution in [-0.4, -0.2) is 47.6 Å². The molecule has 0 fully saturated rings. The Morgan fingerprint density at radius 3 is 2.32 bits per heavy atom. The summed E-state index contributed by atoms with van der Waals surface area (Å²) < 4.78 is 31.5. The summed E-state index contributed by atoms with van der Waals surface area (Å²) in [6.45, 7) is 14.1. The number of carbonyl (C=O) groups is 2. The molecule has 8 nitrogen and oxygen atoms in total. The zero-order valence-corrected chi connectivity index (χ0v) is 25.4. The summed E-state index contributed by atoms with van der Waals surface area (Å²) in [5.74, 6) is 0.701. The Morgan fingerprint density at radius 2 is 1.71 bits per heavy atom. The Bertz CT molecular complexity index is 1360. The number of nitrogens with one attached hydrogen (secondary N) is 1. The van der Waals surface area contributed by atoms with Crippen LogP contribution in [0.25, 0.3) is 11.5 Å². The van der Waals surface area contributed by atoms with Crippen molar-refractivity contribution >= 4 is 11.9 Å². The number of amides is 1. The summed E-state index contributed by atoms with van der Waals surface area (Å²) in [7, 11) is 1.60. The van der Waals surface area contributed by atoms with Crippen LogP contribution in [0.5, 0.6) is 5.75 Å². The van der Waals surface area contributed by atoms with E-state index in [2.05, 4.69) is 10.3 Å². The number of oxazole rings is 1. The molecule has 222 valence electrons. The Hall–Kier alpha value is -3.72. The molecule has 0 aliphatic carbocycles. The number of hydrogen-bond acceptors (Lipinski definition) is 7. The number of rotatable bonds is 13. The zero-order chi connectivity index (χ0) is 30.3. The smallest absolute Gasteiger partial charge is 0.349 e. The molecule has 1 N–H and O–H groups in total. The van der Waals surface area contributed by atoms with Gasteiger partial charge in [-0.3, -0.25) is 9.69 Å². The summed E-state index contributed by atoms with van der Waals surface area (Å²) in [5, 5.41) is 2.69. The molecule has 3 rings (SSSR count). The first kappa shape index (κ1) is 31.8. The fourth-order valence-corrected chi connectivity index (χ4v) is 4.72. The highest BCUT2D eigenvalue weighted by molar-refractivity contribution is 5.79. The van der Waals surface area contributed by atoms with Crippen LogP contribution < -0.4 is 10.1 Å². The topological polar surface area (TPSA) is 93.9 Å². The van der Waals surface area contributed by atoms with Gasteiger partial charge in [-0.15, -0.1) is 0 Å². The van der Waals surface area contributed by atoms with Crippen molar-refractivity contribution in [1.29, 1.82) is 0 Å². The van der Waals surface area contributed by atoms with Gasteiger partial charge in [0.15, 0.2) is 5.60 Å². The van der Waals surface area contributed by atoms with Crippen molar-refractivity contribution in [1.82, 2.24) is 15.2 Å². The summed E-state index contributed by atoms with van der Waals surface area (Å²) >= 11 is 0. The highest BCUT2D eigenvalue weighted by atomic mass is 19.1. The minimum absolute atomic E-state index is 0.134. The minimum atomic E-state index is -1.14. The van der Waals surface area contributed by atoms with Gasteiger partial charge < -0.3 is 19.2 Å². The van der Waals surface area contributed by atoms with Gasteiger partial charge in [0, 0.05) is 25.7 Å². The van der Waals surface area contributed by atoms with Crippen molar-refractivity contribution in [2.24, 2.45) is 0 Å². The fraction of sp³-hybridized carbons (Fsp3) is 0.469. The van der Waals surface area contributed by atoms with Gasteiger partial charge in [-0.1, -0.05) is 25.5 Å². The Labute approximate surface area is 242 Å². The van der Waals surface area contributed by atoms with E-state index in [0.717, 1.165) is 35.1 Å². The number of likely N-dealkylation sites (N-methyl/N-ethyl adjacent to an activating group) is 1. The molecule has 0 atom stereocenters. The lowest BCUT2D eigenvalue weighted by Gasteiger charge is -2.27. The molecule has 3 aromatic rings. The van der Waals surface area contributed by atoms with E-state index < -0.39 is 11.6 Å². The second-order valence-electron chi connectivity index (χ2n) is 10.8. The predicted octanol–water partition coefficient (Wildman–Crippen LogP) is 5.83. The number of hydrogen-bond donors (Lipinski definition) is 1. The van der Waals surface area contributed by atoms with Gasteiger partial charge in [-0.25, -0.2) is 14.2 Å². The van der Waals surface area contributed by atoms with Gasteiger partial charge in [0.25, 0.3) is 0 Å². The van der Waals surface area contributed by atoms with Crippen LogP contribution in [0.4, 0.5) is 4.39 Å². The normalized spacial score (nSPS) is 11.6. The quantitative estimate of drug-likeness (QED) is 0.260. The zero-order valence-electron chi connectivity index (χ0n) is 25.4. The van der Waals surface area contributed by atoms with Gasteiger partial charge >= 0.3 is 5.97 Å². The van der Waals surface area contributed by atoms with Crippen LogP contribution in [0.2, 0.25) is 0 Å². The number of esters is 1. The summed E-state index contributed by atoms with van der Waals surface area (Å²) in [5.41, 5.74) is 3.73. The maximum atomic E-state index is 14.3. The van der Waals surface area contributed by atoms with Gasteiger partial charge in [0.1, 0.15) is 17.3 Å². The van der Waals surface area contributed by atoms with E-state index in [4.69, 9.17) is 13.9 Å². The van der Waals surface area contributed by atoms with Gasteiger partial charge in [0.05, 0.1) is 18.8 Å². The SMILES string of the molecule is CCCc1cc(F)cc(-c2nc(CN(CC(=O)NC)Cc3cc(C)c(OC(C)(C)C(=O)OCC)c(C)c3)c(C)o2)c1. The van der Waals surface area contributed by atoms with E-state index in [9.17, 15) is 14.0 Å². The van der Waals surface area contributed by atoms with Crippen molar-refractivity contribution in [2.45, 2.75) is 80.0 Å². The summed E-state index contributed by atoms with van der Waals surface area (Å²) in [6.07, 6.45) is 1.67. The minimum Gasteiger partial charge on any atom is -0.476 e. The molecule has 0 spiro atoms. The molecule has 1 aromatic heterocycles. The first-order valence-electron chi connectivity index (χ1n) is 14.0. The third-order valence-corrected chi connectivity index (χ3v) is 6.71. The molecule has 41 heavy (non-hydrogen) atoms. The lowest BCUT2D eigenvalue weighted by molar-refractivity contribution is -0.158. The van der Waals surface area contributed by atoms with Crippen molar-refractivity contribution in [3.05, 3.63) is 69.9 Å². The van der Waals surface area contributed by atoms with Crippen molar-refractivity contribution in [3.63, 3.8) is 0 Å². The molecule has 0 radical (unpaired) electrons. The molecule has 0 aliphatic heterocycles. The highest BCUT2D eigenvalue weighted by Gasteiger charge is 2.32. The van der Waals surface area contributed by atoms with Gasteiger partial charge in [0.2, 0.25) is 11.8 Å². The van der Waals surface area contributed by atoms with Crippen LogP contribution in [0, 0.1) is 26.6 Å². The van der Waals surface area contributed by atoms with Crippen molar-refractivity contribution in [2.75, 3.05) is 20.2 Å². The Morgan fingerprint density at radius 1 is 1.02 bits per heavy atom. The number of aryl methyl sites for hydroxylation is 4. The molecule has 0 saturated heterocycles. The average Bonchev–Trinajstić information content (AvgIpc) is 3.26. The number of aromatic nitrogens is 1. The summed E-state index contributed by atoms with van der Waals surface area (Å²) in [6, 6.07) is 8.84. The molecule has 1 heterocycles.